The summed E-state index contributed by atoms with van der Waals surface area (Å²) in [7, 11) is 1.75. The van der Waals surface area contributed by atoms with Gasteiger partial charge in [-0.2, -0.15) is 4.98 Å². The Balaban J connectivity index is 2.63. The molecule has 2 rings (SSSR count). The van der Waals surface area contributed by atoms with Gasteiger partial charge < -0.3 is 15.6 Å². The highest BCUT2D eigenvalue weighted by molar-refractivity contribution is 5.74. The van der Waals surface area contributed by atoms with E-state index in [1.165, 1.54) is 4.57 Å². The van der Waals surface area contributed by atoms with E-state index in [1.807, 2.05) is 13.8 Å². The summed E-state index contributed by atoms with van der Waals surface area (Å²) in [6, 6.07) is -0.0383. The zero-order valence-electron chi connectivity index (χ0n) is 12.6. The number of nitrogens with one attached hydrogen (secondary N) is 2. The van der Waals surface area contributed by atoms with E-state index < -0.39 is 11.2 Å². The maximum Gasteiger partial charge on any atom is 0.330 e. The Hall–Kier alpha value is -2.09. The number of rotatable bonds is 6. The first-order chi connectivity index (χ1) is 10.0. The van der Waals surface area contributed by atoms with Crippen LogP contribution in [0.25, 0.3) is 11.2 Å². The monoisotopic (exact) mass is 294 g/mol. The zero-order valence-corrected chi connectivity index (χ0v) is 12.6. The molecule has 2 aromatic rings. The number of nitrogens with two attached hydrogens (primary N) is 1. The van der Waals surface area contributed by atoms with Crippen molar-refractivity contribution in [1.29, 1.82) is 0 Å². The number of anilines is 1. The van der Waals surface area contributed by atoms with E-state index in [1.54, 1.807) is 11.6 Å². The van der Waals surface area contributed by atoms with Crippen molar-refractivity contribution >= 4 is 17.1 Å². The van der Waals surface area contributed by atoms with E-state index in [-0.39, 0.29) is 6.04 Å². The molecule has 0 bridgehead atoms. The maximum absolute atomic E-state index is 12.1. The van der Waals surface area contributed by atoms with Crippen LogP contribution in [0.1, 0.15) is 32.7 Å². The van der Waals surface area contributed by atoms with Crippen molar-refractivity contribution in [1.82, 2.24) is 19.1 Å². The fourth-order valence-electron chi connectivity index (χ4n) is 2.27. The van der Waals surface area contributed by atoms with Crippen LogP contribution in [0.3, 0.4) is 0 Å². The van der Waals surface area contributed by atoms with E-state index >= 15 is 0 Å². The Morgan fingerprint density at radius 1 is 1.43 bits per heavy atom. The molecule has 1 atom stereocenters. The minimum absolute atomic E-state index is 0.0383. The van der Waals surface area contributed by atoms with Crippen molar-refractivity contribution < 1.29 is 0 Å². The molecule has 4 N–H and O–H groups in total. The molecule has 1 unspecified atom stereocenters. The van der Waals surface area contributed by atoms with Gasteiger partial charge in [-0.3, -0.25) is 14.3 Å². The summed E-state index contributed by atoms with van der Waals surface area (Å²) in [5, 5.41) is 3.14. The highest BCUT2D eigenvalue weighted by Gasteiger charge is 2.18. The van der Waals surface area contributed by atoms with Gasteiger partial charge in [0.15, 0.2) is 11.2 Å². The Bertz CT molecular complexity index is 741. The summed E-state index contributed by atoms with van der Waals surface area (Å²) in [5.41, 5.74) is 5.43. The lowest BCUT2D eigenvalue weighted by molar-refractivity contribution is 0.517. The maximum atomic E-state index is 12.1. The molecule has 2 heterocycles. The Morgan fingerprint density at radius 2 is 2.14 bits per heavy atom. The minimum Gasteiger partial charge on any atom is -0.356 e. The second-order valence-electron chi connectivity index (χ2n) is 5.12. The minimum atomic E-state index is -0.423. The van der Waals surface area contributed by atoms with Gasteiger partial charge in [0, 0.05) is 19.6 Å². The van der Waals surface area contributed by atoms with Crippen LogP contribution in [0.4, 0.5) is 5.95 Å². The van der Waals surface area contributed by atoms with Crippen LogP contribution < -0.4 is 22.3 Å². The molecule has 0 radical (unpaired) electrons. The molecule has 8 nitrogen and oxygen atoms in total. The number of aromatic nitrogens is 4. The lowest BCUT2D eigenvalue weighted by Gasteiger charge is -2.12. The van der Waals surface area contributed by atoms with Gasteiger partial charge in [0.25, 0.3) is 5.56 Å². The number of aromatic amines is 1. The predicted octanol–water partition coefficient (Wildman–Crippen LogP) is 0.155. The fourth-order valence-corrected chi connectivity index (χ4v) is 2.27. The molecule has 0 aliphatic carbocycles. The van der Waals surface area contributed by atoms with Crippen molar-refractivity contribution in [2.24, 2.45) is 12.8 Å². The summed E-state index contributed by atoms with van der Waals surface area (Å²) in [6.07, 6.45) is 1.57. The average Bonchev–Trinajstić information content (AvgIpc) is 2.76. The van der Waals surface area contributed by atoms with Crippen molar-refractivity contribution in [3.8, 4) is 0 Å². The number of fused-ring (bicyclic) bond motifs is 1. The third-order valence-corrected chi connectivity index (χ3v) is 3.65. The third kappa shape index (κ3) is 2.71. The smallest absolute Gasteiger partial charge is 0.330 e. The molecular formula is C13H22N6O2. The van der Waals surface area contributed by atoms with E-state index in [4.69, 9.17) is 5.73 Å². The Labute approximate surface area is 122 Å². The summed E-state index contributed by atoms with van der Waals surface area (Å²) in [5.74, 6) is 0.562. The van der Waals surface area contributed by atoms with Crippen molar-refractivity contribution in [2.75, 3.05) is 18.4 Å². The molecule has 0 amide bonds. The molecule has 0 aliphatic rings. The van der Waals surface area contributed by atoms with Crippen LogP contribution >= 0.6 is 0 Å². The standard InChI is InChI=1S/C13H22N6O2/c1-4-8(2)19-10-9(11(20)17-13(19)21)18(3)12(16-10)15-7-5-6-14/h8H,4-7,14H2,1-3H3,(H,15,16)(H,17,20,21). The quantitative estimate of drug-likeness (QED) is 0.657. The number of hydrogen-bond donors (Lipinski definition) is 3. The highest BCUT2D eigenvalue weighted by Crippen LogP contribution is 2.17. The van der Waals surface area contributed by atoms with Gasteiger partial charge in [0.1, 0.15) is 0 Å². The normalized spacial score (nSPS) is 12.8. The largest absolute Gasteiger partial charge is 0.356 e. The number of nitrogens with zero attached hydrogens (tertiary/aromatic N) is 3. The van der Waals surface area contributed by atoms with E-state index in [0.717, 1.165) is 12.8 Å². The van der Waals surface area contributed by atoms with Crippen LogP contribution in [0.2, 0.25) is 0 Å². The number of imidazole rings is 1. The average molecular weight is 294 g/mol. The second-order valence-corrected chi connectivity index (χ2v) is 5.12. The van der Waals surface area contributed by atoms with Gasteiger partial charge in [-0.15, -0.1) is 0 Å². The molecule has 0 fully saturated rings. The van der Waals surface area contributed by atoms with Gasteiger partial charge in [-0.05, 0) is 26.3 Å². The zero-order chi connectivity index (χ0) is 15.6. The summed E-state index contributed by atoms with van der Waals surface area (Å²) >= 11 is 0. The third-order valence-electron chi connectivity index (χ3n) is 3.65. The number of H-pyrrole nitrogens is 1. The molecular weight excluding hydrogens is 272 g/mol. The fraction of sp³-hybridized carbons (Fsp3) is 0.615. The highest BCUT2D eigenvalue weighted by atomic mass is 16.2. The van der Waals surface area contributed by atoms with Crippen LogP contribution in [-0.4, -0.2) is 32.2 Å². The van der Waals surface area contributed by atoms with Crippen LogP contribution in [-0.2, 0) is 7.05 Å². The van der Waals surface area contributed by atoms with Crippen molar-refractivity contribution in [3.05, 3.63) is 20.8 Å². The Morgan fingerprint density at radius 3 is 2.76 bits per heavy atom. The van der Waals surface area contributed by atoms with Crippen molar-refractivity contribution in [2.45, 2.75) is 32.7 Å². The lowest BCUT2D eigenvalue weighted by Crippen LogP contribution is -2.32. The molecule has 2 aromatic heterocycles. The number of hydrogen-bond acceptors (Lipinski definition) is 5. The van der Waals surface area contributed by atoms with Crippen LogP contribution in [0.15, 0.2) is 9.59 Å². The molecule has 0 spiro atoms. The second kappa shape index (κ2) is 6.13. The van der Waals surface area contributed by atoms with Gasteiger partial charge in [-0.25, -0.2) is 4.79 Å². The SMILES string of the molecule is CCC(C)n1c(=O)[nH]c(=O)c2c1nc(NCCCN)n2C. The van der Waals surface area contributed by atoms with Crippen LogP contribution in [0, 0.1) is 0 Å². The summed E-state index contributed by atoms with van der Waals surface area (Å²) < 4.78 is 3.20. The molecule has 0 aliphatic heterocycles. The first kappa shape index (κ1) is 15.3. The van der Waals surface area contributed by atoms with E-state index in [2.05, 4.69) is 15.3 Å². The van der Waals surface area contributed by atoms with Gasteiger partial charge in [0.2, 0.25) is 5.95 Å². The molecule has 0 saturated carbocycles. The van der Waals surface area contributed by atoms with Gasteiger partial charge in [-0.1, -0.05) is 6.92 Å². The van der Waals surface area contributed by atoms with E-state index in [9.17, 15) is 9.59 Å². The predicted molar refractivity (Wildman–Crippen MR) is 82.8 cm³/mol. The van der Waals surface area contributed by atoms with Gasteiger partial charge >= 0.3 is 5.69 Å². The van der Waals surface area contributed by atoms with Gasteiger partial charge in [0.05, 0.1) is 0 Å². The Kier molecular flexibility index (Phi) is 4.46. The summed E-state index contributed by atoms with van der Waals surface area (Å²) in [6.45, 7) is 5.15. The van der Waals surface area contributed by atoms with Crippen LogP contribution in [0.5, 0.6) is 0 Å². The molecule has 21 heavy (non-hydrogen) atoms. The first-order valence-corrected chi connectivity index (χ1v) is 7.16. The van der Waals surface area contributed by atoms with Crippen molar-refractivity contribution in [3.63, 3.8) is 0 Å². The summed E-state index contributed by atoms with van der Waals surface area (Å²) in [4.78, 5) is 30.9. The lowest BCUT2D eigenvalue weighted by atomic mass is 10.2. The molecule has 8 heteroatoms. The molecule has 0 saturated heterocycles. The van der Waals surface area contributed by atoms with E-state index in [0.29, 0.717) is 30.2 Å². The number of aryl methyl sites for hydroxylation is 1. The first-order valence-electron chi connectivity index (χ1n) is 7.16. The molecule has 0 aromatic carbocycles. The molecule has 116 valence electrons. The topological polar surface area (TPSA) is 111 Å².